The van der Waals surface area contributed by atoms with Crippen molar-refractivity contribution in [1.82, 2.24) is 4.98 Å². The second kappa shape index (κ2) is 8.83. The third kappa shape index (κ3) is 4.96. The van der Waals surface area contributed by atoms with Crippen LogP contribution in [0.1, 0.15) is 33.6 Å². The molecule has 1 unspecified atom stereocenters. The normalized spacial score (nSPS) is 16.0. The highest BCUT2D eigenvalue weighted by Gasteiger charge is 2.16. The number of carbonyl (C=O) groups excluding carboxylic acids is 2. The monoisotopic (exact) mass is 389 g/mol. The molecule has 1 saturated heterocycles. The Kier molecular flexibility index (Phi) is 6.26. The van der Waals surface area contributed by atoms with E-state index in [1.165, 1.54) is 25.3 Å². The van der Waals surface area contributed by atoms with Gasteiger partial charge in [-0.2, -0.15) is 0 Å². The fourth-order valence-corrected chi connectivity index (χ4v) is 2.92. The van der Waals surface area contributed by atoms with Crippen LogP contribution in [-0.4, -0.2) is 43.2 Å². The van der Waals surface area contributed by atoms with E-state index >= 15 is 0 Å². The molecular formula is C19H20ClN3O4. The zero-order valence-electron chi connectivity index (χ0n) is 14.8. The fourth-order valence-electron chi connectivity index (χ4n) is 2.75. The molecule has 3 rings (SSSR count). The summed E-state index contributed by atoms with van der Waals surface area (Å²) < 4.78 is 10.2. The Morgan fingerprint density at radius 2 is 2.15 bits per heavy atom. The number of carbonyl (C=O) groups is 2. The van der Waals surface area contributed by atoms with Crippen LogP contribution in [0.2, 0.25) is 5.02 Å². The molecule has 27 heavy (non-hydrogen) atoms. The maximum Gasteiger partial charge on any atom is 0.337 e. The topological polar surface area (TPSA) is 89.5 Å². The number of pyridine rings is 1. The molecule has 1 aromatic carbocycles. The summed E-state index contributed by atoms with van der Waals surface area (Å²) in [6.07, 6.45) is 3.80. The summed E-state index contributed by atoms with van der Waals surface area (Å²) in [6.45, 7) is 1.43. The lowest BCUT2D eigenvalue weighted by atomic mass is 10.2. The predicted molar refractivity (Wildman–Crippen MR) is 102 cm³/mol. The van der Waals surface area contributed by atoms with Crippen LogP contribution in [-0.2, 0) is 9.47 Å². The van der Waals surface area contributed by atoms with Gasteiger partial charge in [0.1, 0.15) is 5.82 Å². The van der Waals surface area contributed by atoms with Crippen molar-refractivity contribution < 1.29 is 19.1 Å². The molecule has 2 aromatic rings. The van der Waals surface area contributed by atoms with Crippen LogP contribution in [0.15, 0.2) is 36.5 Å². The highest BCUT2D eigenvalue weighted by molar-refractivity contribution is 6.34. The van der Waals surface area contributed by atoms with Gasteiger partial charge in [0.15, 0.2) is 0 Å². The SMILES string of the molecule is COC(=O)c1ccc(Cl)c(NC(=O)c2ccnc(NCC3CCCO3)c2)c1. The number of hydrogen-bond donors (Lipinski definition) is 2. The molecule has 1 aliphatic rings. The predicted octanol–water partition coefficient (Wildman–Crippen LogP) is 3.36. The van der Waals surface area contributed by atoms with E-state index in [2.05, 4.69) is 20.4 Å². The van der Waals surface area contributed by atoms with Crippen LogP contribution in [0, 0.1) is 0 Å². The van der Waals surface area contributed by atoms with Gasteiger partial charge in [0.2, 0.25) is 0 Å². The van der Waals surface area contributed by atoms with Crippen LogP contribution in [0.4, 0.5) is 11.5 Å². The molecule has 142 valence electrons. The average Bonchev–Trinajstić information content (AvgIpc) is 3.21. The molecule has 0 radical (unpaired) electrons. The number of benzene rings is 1. The van der Waals surface area contributed by atoms with Crippen molar-refractivity contribution >= 4 is 35.0 Å². The lowest BCUT2D eigenvalue weighted by Gasteiger charge is -2.12. The lowest BCUT2D eigenvalue weighted by molar-refractivity contribution is 0.0600. The molecule has 0 bridgehead atoms. The van der Waals surface area contributed by atoms with E-state index in [0.29, 0.717) is 34.2 Å². The van der Waals surface area contributed by atoms with E-state index in [9.17, 15) is 9.59 Å². The van der Waals surface area contributed by atoms with Crippen LogP contribution < -0.4 is 10.6 Å². The summed E-state index contributed by atoms with van der Waals surface area (Å²) in [5.74, 6) is -0.277. The first-order valence-electron chi connectivity index (χ1n) is 8.57. The van der Waals surface area contributed by atoms with Crippen molar-refractivity contribution in [2.24, 2.45) is 0 Å². The molecule has 2 heterocycles. The van der Waals surface area contributed by atoms with Crippen molar-refractivity contribution in [3.8, 4) is 0 Å². The van der Waals surface area contributed by atoms with Gasteiger partial charge in [-0.15, -0.1) is 0 Å². The third-order valence-corrected chi connectivity index (χ3v) is 4.52. The number of aromatic nitrogens is 1. The molecule has 1 aliphatic heterocycles. The Morgan fingerprint density at radius 1 is 1.30 bits per heavy atom. The molecular weight excluding hydrogens is 370 g/mol. The Bertz CT molecular complexity index is 837. The number of nitrogens with one attached hydrogen (secondary N) is 2. The minimum Gasteiger partial charge on any atom is -0.465 e. The van der Waals surface area contributed by atoms with Gasteiger partial charge in [-0.25, -0.2) is 9.78 Å². The van der Waals surface area contributed by atoms with Crippen LogP contribution in [0.5, 0.6) is 0 Å². The number of rotatable bonds is 6. The van der Waals surface area contributed by atoms with E-state index in [-0.39, 0.29) is 12.0 Å². The largest absolute Gasteiger partial charge is 0.465 e. The minimum atomic E-state index is -0.508. The summed E-state index contributed by atoms with van der Waals surface area (Å²) in [5.41, 5.74) is 1.04. The summed E-state index contributed by atoms with van der Waals surface area (Å²) in [6, 6.07) is 7.80. The fraction of sp³-hybridized carbons (Fsp3) is 0.316. The van der Waals surface area contributed by atoms with Gasteiger partial charge in [0.05, 0.1) is 29.5 Å². The van der Waals surface area contributed by atoms with E-state index in [1.54, 1.807) is 18.3 Å². The van der Waals surface area contributed by atoms with Gasteiger partial charge < -0.3 is 20.1 Å². The second-order valence-corrected chi connectivity index (χ2v) is 6.49. The van der Waals surface area contributed by atoms with E-state index in [0.717, 1.165) is 19.4 Å². The first-order valence-corrected chi connectivity index (χ1v) is 8.95. The molecule has 0 spiro atoms. The van der Waals surface area contributed by atoms with Crippen LogP contribution in [0.25, 0.3) is 0 Å². The Hall–Kier alpha value is -2.64. The first-order chi connectivity index (χ1) is 13.1. The molecule has 2 N–H and O–H groups in total. The van der Waals surface area contributed by atoms with Gasteiger partial charge in [-0.1, -0.05) is 11.6 Å². The number of methoxy groups -OCH3 is 1. The average molecular weight is 390 g/mol. The Labute approximate surface area is 162 Å². The van der Waals surface area contributed by atoms with Crippen molar-refractivity contribution in [2.45, 2.75) is 18.9 Å². The lowest BCUT2D eigenvalue weighted by Crippen LogP contribution is -2.19. The van der Waals surface area contributed by atoms with Gasteiger partial charge in [0, 0.05) is 24.9 Å². The number of esters is 1. The quantitative estimate of drug-likeness (QED) is 0.736. The number of amides is 1. The summed E-state index contributed by atoms with van der Waals surface area (Å²) >= 11 is 6.12. The van der Waals surface area contributed by atoms with Gasteiger partial charge in [-0.3, -0.25) is 4.79 Å². The van der Waals surface area contributed by atoms with Crippen molar-refractivity contribution in [1.29, 1.82) is 0 Å². The summed E-state index contributed by atoms with van der Waals surface area (Å²) in [4.78, 5) is 28.4. The number of ether oxygens (including phenoxy) is 2. The molecule has 7 nitrogen and oxygen atoms in total. The number of anilines is 2. The molecule has 1 amide bonds. The third-order valence-electron chi connectivity index (χ3n) is 4.19. The molecule has 8 heteroatoms. The van der Waals surface area contributed by atoms with Crippen molar-refractivity contribution in [3.05, 3.63) is 52.7 Å². The molecule has 1 atom stereocenters. The van der Waals surface area contributed by atoms with E-state index in [1.807, 2.05) is 0 Å². The molecule has 0 saturated carbocycles. The van der Waals surface area contributed by atoms with E-state index < -0.39 is 5.97 Å². The molecule has 1 fully saturated rings. The smallest absolute Gasteiger partial charge is 0.337 e. The van der Waals surface area contributed by atoms with E-state index in [4.69, 9.17) is 16.3 Å². The molecule has 1 aromatic heterocycles. The maximum absolute atomic E-state index is 12.6. The van der Waals surface area contributed by atoms with Gasteiger partial charge in [-0.05, 0) is 43.2 Å². The summed E-state index contributed by atoms with van der Waals surface area (Å²) in [5, 5.41) is 6.22. The van der Waals surface area contributed by atoms with Crippen molar-refractivity contribution in [3.63, 3.8) is 0 Å². The maximum atomic E-state index is 12.6. The number of nitrogens with zero attached hydrogens (tertiary/aromatic N) is 1. The van der Waals surface area contributed by atoms with Crippen molar-refractivity contribution in [2.75, 3.05) is 30.9 Å². The van der Waals surface area contributed by atoms with Crippen LogP contribution >= 0.6 is 11.6 Å². The second-order valence-electron chi connectivity index (χ2n) is 6.09. The van der Waals surface area contributed by atoms with Gasteiger partial charge >= 0.3 is 5.97 Å². The minimum absolute atomic E-state index is 0.171. The standard InChI is InChI=1S/C19H20ClN3O4/c1-26-19(25)13-4-5-15(20)16(9-13)23-18(24)12-6-7-21-17(10-12)22-11-14-3-2-8-27-14/h4-7,9-10,14H,2-3,8,11H2,1H3,(H,21,22)(H,23,24). The zero-order valence-corrected chi connectivity index (χ0v) is 15.6. The zero-order chi connectivity index (χ0) is 19.2. The highest BCUT2D eigenvalue weighted by atomic mass is 35.5. The van der Waals surface area contributed by atoms with Crippen LogP contribution in [0.3, 0.4) is 0 Å². The first kappa shape index (κ1) is 19.1. The highest BCUT2D eigenvalue weighted by Crippen LogP contribution is 2.24. The summed E-state index contributed by atoms with van der Waals surface area (Å²) in [7, 11) is 1.29. The Balaban J connectivity index is 1.69. The Morgan fingerprint density at radius 3 is 2.89 bits per heavy atom. The number of hydrogen-bond acceptors (Lipinski definition) is 6. The van der Waals surface area contributed by atoms with Gasteiger partial charge in [0.25, 0.3) is 5.91 Å². The number of halogens is 1. The molecule has 0 aliphatic carbocycles.